The SMILES string of the molecule is COP(=O)(Oc1cc(=O)[nH]c(C(C)(C)C)n1)C(C)=S. The molecule has 19 heavy (non-hydrogen) atoms. The molecule has 1 rings (SSSR count). The summed E-state index contributed by atoms with van der Waals surface area (Å²) in [7, 11) is -2.34. The van der Waals surface area contributed by atoms with Crippen LogP contribution in [-0.4, -0.2) is 21.7 Å². The lowest BCUT2D eigenvalue weighted by Crippen LogP contribution is -2.22. The molecule has 0 spiro atoms. The molecule has 0 aliphatic carbocycles. The molecule has 6 nitrogen and oxygen atoms in total. The van der Waals surface area contributed by atoms with Gasteiger partial charge < -0.3 is 9.51 Å². The highest BCUT2D eigenvalue weighted by Crippen LogP contribution is 2.48. The molecule has 0 saturated carbocycles. The van der Waals surface area contributed by atoms with Crippen molar-refractivity contribution in [1.29, 1.82) is 0 Å². The van der Waals surface area contributed by atoms with Crippen molar-refractivity contribution < 1.29 is 13.6 Å². The van der Waals surface area contributed by atoms with Crippen LogP contribution in [0.25, 0.3) is 0 Å². The van der Waals surface area contributed by atoms with E-state index in [-0.39, 0.29) is 21.5 Å². The zero-order valence-corrected chi connectivity index (χ0v) is 13.2. The van der Waals surface area contributed by atoms with Crippen molar-refractivity contribution in [2.24, 2.45) is 0 Å². The van der Waals surface area contributed by atoms with Gasteiger partial charge in [-0.1, -0.05) is 33.0 Å². The lowest BCUT2D eigenvalue weighted by Gasteiger charge is -2.19. The minimum atomic E-state index is -3.57. The summed E-state index contributed by atoms with van der Waals surface area (Å²) in [6.07, 6.45) is 0. The number of aromatic nitrogens is 2. The highest BCUT2D eigenvalue weighted by atomic mass is 32.1. The molecule has 0 saturated heterocycles. The van der Waals surface area contributed by atoms with E-state index in [0.29, 0.717) is 5.82 Å². The van der Waals surface area contributed by atoms with Crippen LogP contribution in [0.2, 0.25) is 0 Å². The molecule has 1 aromatic heterocycles. The van der Waals surface area contributed by atoms with Crippen LogP contribution in [0.15, 0.2) is 10.9 Å². The molecule has 1 atom stereocenters. The summed E-state index contributed by atoms with van der Waals surface area (Å²) in [6.45, 7) is 7.11. The summed E-state index contributed by atoms with van der Waals surface area (Å²) in [5.74, 6) is 0.364. The van der Waals surface area contributed by atoms with Crippen LogP contribution >= 0.6 is 19.8 Å². The van der Waals surface area contributed by atoms with Crippen molar-refractivity contribution in [3.63, 3.8) is 0 Å². The van der Waals surface area contributed by atoms with Gasteiger partial charge in [-0.2, -0.15) is 4.98 Å². The van der Waals surface area contributed by atoms with Gasteiger partial charge in [-0.05, 0) is 6.92 Å². The van der Waals surface area contributed by atoms with Gasteiger partial charge >= 0.3 is 7.60 Å². The number of aromatic amines is 1. The minimum Gasteiger partial charge on any atom is -0.402 e. The van der Waals surface area contributed by atoms with Crippen LogP contribution < -0.4 is 10.1 Å². The largest absolute Gasteiger partial charge is 0.418 e. The molecule has 106 valence electrons. The zero-order chi connectivity index (χ0) is 14.8. The Morgan fingerprint density at radius 2 is 2.05 bits per heavy atom. The van der Waals surface area contributed by atoms with E-state index in [1.54, 1.807) is 0 Å². The number of rotatable bonds is 4. The van der Waals surface area contributed by atoms with Gasteiger partial charge in [-0.3, -0.25) is 9.32 Å². The van der Waals surface area contributed by atoms with Gasteiger partial charge in [0.25, 0.3) is 5.56 Å². The molecule has 0 aliphatic heterocycles. The first kappa shape index (κ1) is 16.0. The van der Waals surface area contributed by atoms with Crippen LogP contribution in [0.1, 0.15) is 33.5 Å². The number of H-pyrrole nitrogens is 1. The molecule has 1 unspecified atom stereocenters. The molecule has 1 N–H and O–H groups in total. The van der Waals surface area contributed by atoms with E-state index in [0.717, 1.165) is 6.07 Å². The highest BCUT2D eigenvalue weighted by molar-refractivity contribution is 7.97. The summed E-state index contributed by atoms with van der Waals surface area (Å²) in [6, 6.07) is 1.11. The van der Waals surface area contributed by atoms with Gasteiger partial charge in [-0.25, -0.2) is 4.57 Å². The van der Waals surface area contributed by atoms with Gasteiger partial charge in [0.2, 0.25) is 5.88 Å². The van der Waals surface area contributed by atoms with Crippen molar-refractivity contribution in [3.8, 4) is 5.88 Å². The fourth-order valence-corrected chi connectivity index (χ4v) is 2.33. The average molecular weight is 304 g/mol. The third-order valence-electron chi connectivity index (χ3n) is 2.27. The van der Waals surface area contributed by atoms with Gasteiger partial charge in [0, 0.05) is 12.5 Å². The Labute approximate surface area is 117 Å². The fraction of sp³-hybridized carbons (Fsp3) is 0.545. The molecule has 8 heteroatoms. The number of hydrogen-bond donors (Lipinski definition) is 1. The smallest absolute Gasteiger partial charge is 0.402 e. The maximum Gasteiger partial charge on any atom is 0.418 e. The van der Waals surface area contributed by atoms with Crippen LogP contribution in [0.3, 0.4) is 0 Å². The first-order valence-corrected chi connectivity index (χ1v) is 7.52. The van der Waals surface area contributed by atoms with Crippen molar-refractivity contribution in [2.75, 3.05) is 7.11 Å². The molecular weight excluding hydrogens is 287 g/mol. The van der Waals surface area contributed by atoms with Crippen LogP contribution in [0.4, 0.5) is 0 Å². The van der Waals surface area contributed by atoms with E-state index in [1.807, 2.05) is 20.8 Å². The summed E-state index contributed by atoms with van der Waals surface area (Å²) < 4.78 is 22.3. The first-order valence-electron chi connectivity index (χ1n) is 5.57. The summed E-state index contributed by atoms with van der Waals surface area (Å²) in [4.78, 5) is 18.3. The monoisotopic (exact) mass is 304 g/mol. The summed E-state index contributed by atoms with van der Waals surface area (Å²) in [5.41, 5.74) is -0.762. The molecule has 0 amide bonds. The lowest BCUT2D eigenvalue weighted by atomic mass is 9.96. The number of nitrogens with zero attached hydrogens (tertiary/aromatic N) is 1. The molecule has 0 aromatic carbocycles. The summed E-state index contributed by atoms with van der Waals surface area (Å²) in [5, 5.41) is 0. The van der Waals surface area contributed by atoms with E-state index in [4.69, 9.17) is 21.3 Å². The summed E-state index contributed by atoms with van der Waals surface area (Å²) >= 11 is 4.84. The second-order valence-electron chi connectivity index (χ2n) is 4.97. The fourth-order valence-electron chi connectivity index (χ4n) is 1.19. The van der Waals surface area contributed by atoms with Crippen molar-refractivity contribution in [3.05, 3.63) is 22.2 Å². The Morgan fingerprint density at radius 3 is 2.47 bits per heavy atom. The van der Waals surface area contributed by atoms with E-state index in [9.17, 15) is 9.36 Å². The maximum absolute atomic E-state index is 12.2. The van der Waals surface area contributed by atoms with E-state index < -0.39 is 7.60 Å². The topological polar surface area (TPSA) is 81.3 Å². The lowest BCUT2D eigenvalue weighted by molar-refractivity contribution is 0.331. The molecule has 0 aliphatic rings. The predicted molar refractivity (Wildman–Crippen MR) is 77.1 cm³/mol. The van der Waals surface area contributed by atoms with E-state index in [2.05, 4.69) is 9.97 Å². The van der Waals surface area contributed by atoms with Crippen LogP contribution in [0, 0.1) is 0 Å². The molecular formula is C11H17N2O4PS. The van der Waals surface area contributed by atoms with Crippen LogP contribution in [-0.2, 0) is 14.5 Å². The number of thiocarbonyl (C=S) groups is 1. The number of nitrogens with one attached hydrogen (secondary N) is 1. The number of hydrogen-bond acceptors (Lipinski definition) is 6. The molecule has 0 bridgehead atoms. The van der Waals surface area contributed by atoms with Crippen molar-refractivity contribution in [1.82, 2.24) is 9.97 Å². The third-order valence-corrected chi connectivity index (χ3v) is 4.62. The van der Waals surface area contributed by atoms with Crippen molar-refractivity contribution >= 4 is 24.4 Å². The predicted octanol–water partition coefficient (Wildman–Crippen LogP) is 2.63. The Kier molecular flexibility index (Phi) is 4.66. The molecule has 1 heterocycles. The second-order valence-corrected chi connectivity index (χ2v) is 8.10. The Balaban J connectivity index is 3.23. The first-order chi connectivity index (χ1) is 8.58. The van der Waals surface area contributed by atoms with Gasteiger partial charge in [0.15, 0.2) is 0 Å². The molecule has 1 aromatic rings. The van der Waals surface area contributed by atoms with Gasteiger partial charge in [-0.15, -0.1) is 0 Å². The zero-order valence-electron chi connectivity index (χ0n) is 11.5. The highest BCUT2D eigenvalue weighted by Gasteiger charge is 2.29. The van der Waals surface area contributed by atoms with Gasteiger partial charge in [0.05, 0.1) is 6.07 Å². The quantitative estimate of drug-likeness (QED) is 0.680. The molecule has 0 fully saturated rings. The van der Waals surface area contributed by atoms with E-state index >= 15 is 0 Å². The Hall–Kier alpha value is -1.04. The minimum absolute atomic E-state index is 0.0666. The Bertz CT molecular complexity index is 591. The standard InChI is InChI=1S/C11H17N2O4PS/c1-7(19)18(15,16-5)17-9-6-8(14)12-10(13-9)11(2,3)4/h6H,1-5H3,(H,12,13,14). The normalized spacial score (nSPS) is 14.8. The van der Waals surface area contributed by atoms with Crippen molar-refractivity contribution in [2.45, 2.75) is 33.1 Å². The average Bonchev–Trinajstić information content (AvgIpc) is 2.26. The molecule has 0 radical (unpaired) electrons. The van der Waals surface area contributed by atoms with E-state index in [1.165, 1.54) is 14.0 Å². The van der Waals surface area contributed by atoms with Crippen LogP contribution in [0.5, 0.6) is 5.88 Å². The van der Waals surface area contributed by atoms with Gasteiger partial charge in [0.1, 0.15) is 10.4 Å². The maximum atomic E-state index is 12.2. The Morgan fingerprint density at radius 1 is 1.47 bits per heavy atom. The second kappa shape index (κ2) is 5.53. The third kappa shape index (κ3) is 3.96.